The molecule has 184 valence electrons. The highest BCUT2D eigenvalue weighted by Crippen LogP contribution is 2.57. The number of alkyl halides is 6. The summed E-state index contributed by atoms with van der Waals surface area (Å²) in [5, 5.41) is 19.9. The SMILES string of the molecule is [2H]C([2H])([2H])C(O)(CCC[C@@H](CC#CC(O)(C(F)(F)F)C(F)(F)F)[C@H]1CC[C@H]2C(=O)CCC[C@]12C)C([2H])([2H])[2H]. The van der Waals surface area contributed by atoms with Gasteiger partial charge in [0.05, 0.1) is 5.60 Å². The molecule has 0 saturated heterocycles. The minimum absolute atomic E-state index is 0.0220. The molecule has 2 aliphatic carbocycles. The van der Waals surface area contributed by atoms with Gasteiger partial charge in [0, 0.05) is 27.0 Å². The van der Waals surface area contributed by atoms with E-state index in [0.717, 1.165) is 5.92 Å². The van der Waals surface area contributed by atoms with Crippen LogP contribution in [0.25, 0.3) is 0 Å². The fourth-order valence-corrected chi connectivity index (χ4v) is 5.42. The monoisotopic (exact) mass is 476 g/mol. The molecule has 0 unspecified atom stereocenters. The van der Waals surface area contributed by atoms with E-state index in [4.69, 9.17) is 8.22 Å². The van der Waals surface area contributed by atoms with Gasteiger partial charge >= 0.3 is 18.0 Å². The van der Waals surface area contributed by atoms with E-state index >= 15 is 0 Å². The predicted molar refractivity (Wildman–Crippen MR) is 106 cm³/mol. The third-order valence-electron chi connectivity index (χ3n) is 7.07. The van der Waals surface area contributed by atoms with Crippen LogP contribution in [-0.4, -0.2) is 39.6 Å². The van der Waals surface area contributed by atoms with Gasteiger partial charge in [0.15, 0.2) is 0 Å². The average molecular weight is 477 g/mol. The number of Topliss-reactive ketones (excluding diaryl/α,β-unsaturated/α-hetero) is 1. The summed E-state index contributed by atoms with van der Waals surface area (Å²) in [6.07, 6.45) is -11.4. The van der Waals surface area contributed by atoms with Gasteiger partial charge in [0.25, 0.3) is 0 Å². The van der Waals surface area contributed by atoms with Crippen molar-refractivity contribution in [3.63, 3.8) is 0 Å². The third kappa shape index (κ3) is 5.61. The minimum Gasteiger partial charge on any atom is -0.390 e. The Balaban J connectivity index is 2.39. The summed E-state index contributed by atoms with van der Waals surface area (Å²) < 4.78 is 123. The quantitative estimate of drug-likeness (QED) is 0.389. The number of halogens is 6. The number of carbonyl (C=O) groups excluding carboxylic acids is 1. The molecule has 32 heavy (non-hydrogen) atoms. The van der Waals surface area contributed by atoms with Gasteiger partial charge < -0.3 is 10.2 Å². The summed E-state index contributed by atoms with van der Waals surface area (Å²) in [4.78, 5) is 12.5. The normalized spacial score (nSPS) is 31.7. The maximum absolute atomic E-state index is 13.1. The van der Waals surface area contributed by atoms with Crippen LogP contribution < -0.4 is 0 Å². The molecule has 0 aliphatic heterocycles. The number of fused-ring (bicyclic) bond motifs is 1. The van der Waals surface area contributed by atoms with Crippen molar-refractivity contribution in [3.8, 4) is 11.8 Å². The van der Waals surface area contributed by atoms with Gasteiger partial charge in [-0.3, -0.25) is 4.79 Å². The number of hydrogen-bond donors (Lipinski definition) is 2. The van der Waals surface area contributed by atoms with Crippen LogP contribution in [0.2, 0.25) is 0 Å². The average Bonchev–Trinajstić information content (AvgIpc) is 3.07. The highest BCUT2D eigenvalue weighted by Gasteiger charge is 2.70. The first-order valence-corrected chi connectivity index (χ1v) is 10.5. The lowest BCUT2D eigenvalue weighted by atomic mass is 9.61. The molecular weight excluding hydrogens is 438 g/mol. The van der Waals surface area contributed by atoms with Crippen molar-refractivity contribution < 1.29 is 49.6 Å². The van der Waals surface area contributed by atoms with Gasteiger partial charge in [-0.2, -0.15) is 26.3 Å². The molecule has 2 rings (SSSR count). The molecule has 0 spiro atoms. The van der Waals surface area contributed by atoms with E-state index in [1.54, 1.807) is 0 Å². The van der Waals surface area contributed by atoms with Gasteiger partial charge in [0.2, 0.25) is 0 Å². The zero-order chi connectivity index (χ0) is 29.6. The summed E-state index contributed by atoms with van der Waals surface area (Å²) in [5.74, 6) is 1.32. The second-order valence-corrected chi connectivity index (χ2v) is 9.29. The Labute approximate surface area is 193 Å². The van der Waals surface area contributed by atoms with E-state index in [2.05, 4.69) is 0 Å². The van der Waals surface area contributed by atoms with Crippen molar-refractivity contribution in [2.75, 3.05) is 0 Å². The van der Waals surface area contributed by atoms with Crippen molar-refractivity contribution >= 4 is 5.78 Å². The summed E-state index contributed by atoms with van der Waals surface area (Å²) >= 11 is 0. The van der Waals surface area contributed by atoms with Crippen molar-refractivity contribution in [1.82, 2.24) is 0 Å². The summed E-state index contributed by atoms with van der Waals surface area (Å²) in [7, 11) is 0. The molecule has 4 atom stereocenters. The molecule has 0 amide bonds. The van der Waals surface area contributed by atoms with Crippen LogP contribution in [0.5, 0.6) is 0 Å². The second kappa shape index (κ2) is 9.17. The summed E-state index contributed by atoms with van der Waals surface area (Å²) in [5.41, 5.74) is -8.95. The number of ketones is 1. The molecule has 3 nitrogen and oxygen atoms in total. The Morgan fingerprint density at radius 3 is 2.34 bits per heavy atom. The highest BCUT2D eigenvalue weighted by atomic mass is 19.4. The lowest BCUT2D eigenvalue weighted by Crippen LogP contribution is -2.55. The lowest BCUT2D eigenvalue weighted by molar-refractivity contribution is -0.343. The van der Waals surface area contributed by atoms with Crippen LogP contribution in [0, 0.1) is 35.0 Å². The zero-order valence-electron chi connectivity index (χ0n) is 23.7. The molecule has 0 aromatic rings. The molecule has 0 aromatic carbocycles. The Hall–Kier alpha value is -1.27. The van der Waals surface area contributed by atoms with Crippen LogP contribution in [-0.2, 0) is 4.79 Å². The van der Waals surface area contributed by atoms with Crippen molar-refractivity contribution in [3.05, 3.63) is 0 Å². The van der Waals surface area contributed by atoms with Crippen LogP contribution in [0.4, 0.5) is 26.3 Å². The predicted octanol–water partition coefficient (Wildman–Crippen LogP) is 5.58. The Morgan fingerprint density at radius 2 is 1.78 bits per heavy atom. The van der Waals surface area contributed by atoms with E-state index < -0.39 is 61.4 Å². The highest BCUT2D eigenvalue weighted by molar-refractivity contribution is 5.83. The molecule has 0 radical (unpaired) electrons. The van der Waals surface area contributed by atoms with E-state index in [9.17, 15) is 41.4 Å². The maximum Gasteiger partial charge on any atom is 0.438 e. The topological polar surface area (TPSA) is 57.5 Å². The van der Waals surface area contributed by atoms with E-state index in [0.29, 0.717) is 32.1 Å². The second-order valence-electron chi connectivity index (χ2n) is 9.29. The minimum atomic E-state index is -6.12. The number of carbonyl (C=O) groups is 1. The summed E-state index contributed by atoms with van der Waals surface area (Å²) in [6, 6.07) is 0. The van der Waals surface area contributed by atoms with Crippen LogP contribution in [0.3, 0.4) is 0 Å². The number of hydrogen-bond acceptors (Lipinski definition) is 3. The molecule has 0 aromatic heterocycles. The Morgan fingerprint density at radius 1 is 1.16 bits per heavy atom. The van der Waals surface area contributed by atoms with Crippen LogP contribution in [0.1, 0.15) is 86.6 Å². The smallest absolute Gasteiger partial charge is 0.390 e. The first-order chi connectivity index (χ1) is 16.9. The van der Waals surface area contributed by atoms with Crippen LogP contribution in [0.15, 0.2) is 0 Å². The molecular formula is C23H32F6O3. The van der Waals surface area contributed by atoms with Gasteiger partial charge in [-0.1, -0.05) is 19.3 Å². The first kappa shape index (κ1) is 19.1. The van der Waals surface area contributed by atoms with E-state index in [-0.39, 0.29) is 30.5 Å². The first-order valence-electron chi connectivity index (χ1n) is 13.5. The van der Waals surface area contributed by atoms with E-state index in [1.807, 2.05) is 12.8 Å². The fourth-order valence-electron chi connectivity index (χ4n) is 5.42. The standard InChI is InChI=1S/C23H32F6O3/c1-19(2,31)12-4-7-15(8-5-14-21(32,22(24,25)26)23(27,28)29)16-10-11-17-18(30)9-6-13-20(16,17)3/h15-17,31-32H,4,6-13H2,1-3H3/t15-,16+,17-,20+/m0/s1/i1D3,2D3. The molecule has 2 fully saturated rings. The number of rotatable bonds is 6. The van der Waals surface area contributed by atoms with Crippen molar-refractivity contribution in [1.29, 1.82) is 0 Å². The lowest BCUT2D eigenvalue weighted by Gasteiger charge is -2.43. The molecule has 2 N–H and O–H groups in total. The zero-order valence-corrected chi connectivity index (χ0v) is 17.7. The Kier molecular flexibility index (Phi) is 5.47. The van der Waals surface area contributed by atoms with Crippen LogP contribution >= 0.6 is 0 Å². The van der Waals surface area contributed by atoms with Crippen molar-refractivity contribution in [2.24, 2.45) is 23.2 Å². The van der Waals surface area contributed by atoms with Crippen molar-refractivity contribution in [2.45, 2.75) is 102 Å². The number of aliphatic hydroxyl groups is 2. The summed E-state index contributed by atoms with van der Waals surface area (Å²) in [6.45, 7) is -4.75. The molecule has 2 aliphatic rings. The molecule has 2 saturated carbocycles. The fraction of sp³-hybridized carbons (Fsp3) is 0.870. The van der Waals surface area contributed by atoms with Gasteiger partial charge in [0.1, 0.15) is 5.78 Å². The largest absolute Gasteiger partial charge is 0.438 e. The van der Waals surface area contributed by atoms with E-state index in [1.165, 1.54) is 0 Å². The van der Waals surface area contributed by atoms with Gasteiger partial charge in [-0.15, -0.1) is 0 Å². The molecule has 9 heteroatoms. The third-order valence-corrected chi connectivity index (χ3v) is 7.07. The maximum atomic E-state index is 13.1. The Bertz CT molecular complexity index is 906. The molecule has 0 bridgehead atoms. The molecule has 0 heterocycles. The van der Waals surface area contributed by atoms with Gasteiger partial charge in [-0.05, 0) is 75.4 Å². The van der Waals surface area contributed by atoms with Gasteiger partial charge in [-0.25, -0.2) is 0 Å².